The van der Waals surface area contributed by atoms with Crippen molar-refractivity contribution in [3.63, 3.8) is 0 Å². The molecular weight excluding hydrogens is 285 g/mol. The first kappa shape index (κ1) is 14.1. The molecule has 2 N–H and O–H groups in total. The van der Waals surface area contributed by atoms with Gasteiger partial charge in [-0.2, -0.15) is 0 Å². The topological polar surface area (TPSA) is 61.0 Å². The second kappa shape index (κ2) is 6.19. The molecule has 0 atom stereocenters. The SMILES string of the molecule is COCc1cc(N)nc(Cc2ccc(Cl)c(Cl)c2)n1. The first-order valence-corrected chi connectivity index (χ1v) is 6.39. The summed E-state index contributed by atoms with van der Waals surface area (Å²) in [6.45, 7) is 0.404. The Morgan fingerprint density at radius 2 is 1.95 bits per heavy atom. The Balaban J connectivity index is 2.24. The normalized spacial score (nSPS) is 10.7. The van der Waals surface area contributed by atoms with Crippen LogP contribution in [0.2, 0.25) is 10.0 Å². The summed E-state index contributed by atoms with van der Waals surface area (Å²) in [4.78, 5) is 8.58. The maximum absolute atomic E-state index is 5.97. The van der Waals surface area contributed by atoms with E-state index in [-0.39, 0.29) is 0 Å². The molecule has 1 aromatic heterocycles. The molecule has 1 aromatic carbocycles. The van der Waals surface area contributed by atoms with Gasteiger partial charge in [-0.15, -0.1) is 0 Å². The van der Waals surface area contributed by atoms with E-state index in [9.17, 15) is 0 Å². The smallest absolute Gasteiger partial charge is 0.135 e. The van der Waals surface area contributed by atoms with Crippen molar-refractivity contribution < 1.29 is 4.74 Å². The van der Waals surface area contributed by atoms with Gasteiger partial charge >= 0.3 is 0 Å². The van der Waals surface area contributed by atoms with Gasteiger partial charge in [-0.3, -0.25) is 0 Å². The summed E-state index contributed by atoms with van der Waals surface area (Å²) in [5.41, 5.74) is 7.47. The van der Waals surface area contributed by atoms with Crippen molar-refractivity contribution in [2.75, 3.05) is 12.8 Å². The number of nitrogens with zero attached hydrogens (tertiary/aromatic N) is 2. The zero-order chi connectivity index (χ0) is 13.8. The Kier molecular flexibility index (Phi) is 4.58. The van der Waals surface area contributed by atoms with Crippen LogP contribution in [0, 0.1) is 0 Å². The van der Waals surface area contributed by atoms with Crippen LogP contribution in [0.15, 0.2) is 24.3 Å². The highest BCUT2D eigenvalue weighted by molar-refractivity contribution is 6.42. The van der Waals surface area contributed by atoms with Crippen molar-refractivity contribution in [2.24, 2.45) is 0 Å². The summed E-state index contributed by atoms with van der Waals surface area (Å²) in [6, 6.07) is 7.13. The van der Waals surface area contributed by atoms with Gasteiger partial charge in [0, 0.05) is 19.6 Å². The third kappa shape index (κ3) is 3.80. The molecule has 0 amide bonds. The molecule has 0 unspecified atom stereocenters. The Labute approximate surface area is 121 Å². The highest BCUT2D eigenvalue weighted by atomic mass is 35.5. The lowest BCUT2D eigenvalue weighted by molar-refractivity contribution is 0.181. The van der Waals surface area contributed by atoms with Crippen molar-refractivity contribution in [1.29, 1.82) is 0 Å². The number of halogens is 2. The number of nitrogens with two attached hydrogens (primary N) is 1. The fourth-order valence-electron chi connectivity index (χ4n) is 1.71. The van der Waals surface area contributed by atoms with Crippen LogP contribution in [0.4, 0.5) is 5.82 Å². The molecule has 1 heterocycles. The zero-order valence-electron chi connectivity index (χ0n) is 10.4. The lowest BCUT2D eigenvalue weighted by Gasteiger charge is -2.06. The van der Waals surface area contributed by atoms with Gasteiger partial charge in [0.2, 0.25) is 0 Å². The van der Waals surface area contributed by atoms with Crippen LogP contribution in [-0.2, 0) is 17.8 Å². The Morgan fingerprint density at radius 3 is 2.63 bits per heavy atom. The second-order valence-corrected chi connectivity index (χ2v) is 4.87. The lowest BCUT2D eigenvalue weighted by atomic mass is 10.1. The minimum Gasteiger partial charge on any atom is -0.384 e. The predicted molar refractivity (Wildman–Crippen MR) is 76.4 cm³/mol. The Morgan fingerprint density at radius 1 is 1.16 bits per heavy atom. The number of nitrogen functional groups attached to an aromatic ring is 1. The van der Waals surface area contributed by atoms with Gasteiger partial charge in [0.25, 0.3) is 0 Å². The van der Waals surface area contributed by atoms with Gasteiger partial charge in [-0.1, -0.05) is 29.3 Å². The second-order valence-electron chi connectivity index (χ2n) is 4.06. The van der Waals surface area contributed by atoms with Gasteiger partial charge in [-0.25, -0.2) is 9.97 Å². The molecule has 0 saturated heterocycles. The van der Waals surface area contributed by atoms with Gasteiger partial charge in [0.1, 0.15) is 11.6 Å². The van der Waals surface area contributed by atoms with Crippen LogP contribution in [0.5, 0.6) is 0 Å². The van der Waals surface area contributed by atoms with Crippen LogP contribution in [-0.4, -0.2) is 17.1 Å². The average Bonchev–Trinajstić information content (AvgIpc) is 2.33. The molecule has 0 radical (unpaired) electrons. The van der Waals surface area contributed by atoms with Gasteiger partial charge < -0.3 is 10.5 Å². The summed E-state index contributed by atoms with van der Waals surface area (Å²) >= 11 is 11.9. The molecule has 2 aromatic rings. The summed E-state index contributed by atoms with van der Waals surface area (Å²) in [5.74, 6) is 1.06. The average molecular weight is 298 g/mol. The van der Waals surface area contributed by atoms with Crippen LogP contribution in [0.1, 0.15) is 17.1 Å². The van der Waals surface area contributed by atoms with Crippen molar-refractivity contribution in [2.45, 2.75) is 13.0 Å². The van der Waals surface area contributed by atoms with Crippen molar-refractivity contribution >= 4 is 29.0 Å². The molecule has 0 aliphatic heterocycles. The minimum absolute atomic E-state index is 0.404. The van der Waals surface area contributed by atoms with Crippen LogP contribution in [0.25, 0.3) is 0 Å². The van der Waals surface area contributed by atoms with E-state index in [4.69, 9.17) is 33.7 Å². The summed E-state index contributed by atoms with van der Waals surface area (Å²) in [7, 11) is 1.61. The molecule has 0 bridgehead atoms. The van der Waals surface area contributed by atoms with Gasteiger partial charge in [0.15, 0.2) is 0 Å². The van der Waals surface area contributed by atoms with Crippen LogP contribution in [0.3, 0.4) is 0 Å². The number of methoxy groups -OCH3 is 1. The third-order valence-corrected chi connectivity index (χ3v) is 3.22. The number of hydrogen-bond acceptors (Lipinski definition) is 4. The van der Waals surface area contributed by atoms with Gasteiger partial charge in [-0.05, 0) is 17.7 Å². The minimum atomic E-state index is 0.404. The molecule has 0 aliphatic rings. The molecule has 0 fully saturated rings. The maximum atomic E-state index is 5.97. The number of hydrogen-bond donors (Lipinski definition) is 1. The van der Waals surface area contributed by atoms with E-state index in [0.29, 0.717) is 34.7 Å². The number of ether oxygens (including phenoxy) is 1. The highest BCUT2D eigenvalue weighted by Crippen LogP contribution is 2.23. The molecule has 0 aliphatic carbocycles. The highest BCUT2D eigenvalue weighted by Gasteiger charge is 2.06. The monoisotopic (exact) mass is 297 g/mol. The van der Waals surface area contributed by atoms with Crippen LogP contribution < -0.4 is 5.73 Å². The Hall–Kier alpha value is -1.36. The first-order chi connectivity index (χ1) is 9.08. The number of aromatic nitrogens is 2. The first-order valence-electron chi connectivity index (χ1n) is 5.63. The van der Waals surface area contributed by atoms with E-state index in [1.807, 2.05) is 6.07 Å². The van der Waals surface area contributed by atoms with E-state index in [2.05, 4.69) is 9.97 Å². The molecule has 4 nitrogen and oxygen atoms in total. The van der Waals surface area contributed by atoms with Crippen molar-refractivity contribution in [1.82, 2.24) is 9.97 Å². The molecule has 0 spiro atoms. The summed E-state index contributed by atoms with van der Waals surface area (Å²) < 4.78 is 5.04. The maximum Gasteiger partial charge on any atom is 0.135 e. The zero-order valence-corrected chi connectivity index (χ0v) is 11.9. The molecule has 0 saturated carbocycles. The summed E-state index contributed by atoms with van der Waals surface area (Å²) in [6.07, 6.45) is 0.540. The predicted octanol–water partition coefficient (Wildman–Crippen LogP) is 3.10. The van der Waals surface area contributed by atoms with Crippen molar-refractivity contribution in [3.05, 3.63) is 51.4 Å². The van der Waals surface area contributed by atoms with Gasteiger partial charge in [0.05, 0.1) is 22.3 Å². The van der Waals surface area contributed by atoms with E-state index >= 15 is 0 Å². The van der Waals surface area contributed by atoms with E-state index in [0.717, 1.165) is 11.3 Å². The number of anilines is 1. The standard InChI is InChI=1S/C13H13Cl2N3O/c1-19-7-9-6-12(16)18-13(17-9)5-8-2-3-10(14)11(15)4-8/h2-4,6H,5,7H2,1H3,(H2,16,17,18). The lowest BCUT2D eigenvalue weighted by Crippen LogP contribution is -2.05. The number of benzene rings is 1. The largest absolute Gasteiger partial charge is 0.384 e. The quantitative estimate of drug-likeness (QED) is 0.942. The van der Waals surface area contributed by atoms with E-state index < -0.39 is 0 Å². The van der Waals surface area contributed by atoms with Crippen LogP contribution >= 0.6 is 23.2 Å². The van der Waals surface area contributed by atoms with Crippen molar-refractivity contribution in [3.8, 4) is 0 Å². The molecular formula is C13H13Cl2N3O. The molecule has 19 heavy (non-hydrogen) atoms. The third-order valence-electron chi connectivity index (χ3n) is 2.48. The van der Waals surface area contributed by atoms with E-state index in [1.54, 1.807) is 25.3 Å². The Bertz CT molecular complexity index is 590. The molecule has 100 valence electrons. The number of rotatable bonds is 4. The van der Waals surface area contributed by atoms with E-state index in [1.165, 1.54) is 0 Å². The fraction of sp³-hybridized carbons (Fsp3) is 0.231. The molecule has 6 heteroatoms. The fourth-order valence-corrected chi connectivity index (χ4v) is 2.03. The summed E-state index contributed by atoms with van der Waals surface area (Å²) in [5, 5.41) is 1.04. The molecule has 2 rings (SSSR count).